The Balaban J connectivity index is 1.91. The topological polar surface area (TPSA) is 148 Å². The van der Waals surface area contributed by atoms with Gasteiger partial charge in [0.05, 0.1) is 46.3 Å². The van der Waals surface area contributed by atoms with E-state index >= 15 is 4.79 Å². The molecule has 13 nitrogen and oxygen atoms in total. The summed E-state index contributed by atoms with van der Waals surface area (Å²) >= 11 is 6.56. The van der Waals surface area contributed by atoms with Crippen LogP contribution in [0.1, 0.15) is 23.1 Å². The first kappa shape index (κ1) is 33.3. The van der Waals surface area contributed by atoms with Gasteiger partial charge in [-0.05, 0) is 43.2 Å². The number of β-amino-alcohol motifs (C(OH)–C–C–N with tert-alkyl or cyclic N) is 1. The molecule has 2 aliphatic heterocycles. The number of ether oxygens (including phenoxy) is 4. The molecule has 3 aromatic rings. The number of aliphatic hydroxyl groups is 1. The highest BCUT2D eigenvalue weighted by molar-refractivity contribution is 7.93. The number of benzene rings is 2. The molecule has 1 N–H and O–H groups in total. The Bertz CT molecular complexity index is 1790. The lowest BCUT2D eigenvalue weighted by Crippen LogP contribution is -2.59. The number of nitrogens with zero attached hydrogens (tertiary/aromatic N) is 4. The number of amides is 2. The zero-order valence-corrected chi connectivity index (χ0v) is 28.0. The molecule has 246 valence electrons. The number of pyridine rings is 1. The van der Waals surface area contributed by atoms with E-state index < -0.39 is 44.4 Å². The number of hydrogen-bond acceptors (Lipinski definition) is 11. The van der Waals surface area contributed by atoms with E-state index in [2.05, 4.69) is 4.98 Å². The van der Waals surface area contributed by atoms with Crippen molar-refractivity contribution in [2.45, 2.75) is 35.9 Å². The molecule has 0 saturated carbocycles. The van der Waals surface area contributed by atoms with Gasteiger partial charge in [-0.15, -0.1) is 0 Å². The molecule has 46 heavy (non-hydrogen) atoms. The summed E-state index contributed by atoms with van der Waals surface area (Å²) in [6.45, 7) is 1.59. The maximum absolute atomic E-state index is 15.4. The molecule has 0 aliphatic carbocycles. The highest BCUT2D eigenvalue weighted by Gasteiger charge is 2.64. The number of halogens is 1. The number of hydrogen-bond donors (Lipinski definition) is 1. The van der Waals surface area contributed by atoms with Gasteiger partial charge in [0.15, 0.2) is 10.4 Å². The van der Waals surface area contributed by atoms with E-state index in [1.165, 1.54) is 74.8 Å². The summed E-state index contributed by atoms with van der Waals surface area (Å²) in [5.41, 5.74) is -1.15. The van der Waals surface area contributed by atoms with Crippen LogP contribution in [-0.2, 0) is 25.2 Å². The summed E-state index contributed by atoms with van der Waals surface area (Å²) in [5, 5.41) is 11.2. The van der Waals surface area contributed by atoms with Gasteiger partial charge in [-0.25, -0.2) is 13.4 Å². The molecule has 1 unspecified atom stereocenters. The van der Waals surface area contributed by atoms with Crippen LogP contribution in [0.25, 0.3) is 0 Å². The Labute approximate surface area is 272 Å². The maximum atomic E-state index is 15.4. The van der Waals surface area contributed by atoms with Crippen LogP contribution in [0, 0.1) is 6.92 Å². The van der Waals surface area contributed by atoms with E-state index in [0.29, 0.717) is 9.87 Å². The summed E-state index contributed by atoms with van der Waals surface area (Å²) in [6, 6.07) is 7.70. The number of carbonyl (C=O) groups is 2. The first-order valence-corrected chi connectivity index (χ1v) is 16.0. The van der Waals surface area contributed by atoms with Crippen LogP contribution in [-0.4, -0.2) is 101 Å². The standard InChI is InChI=1S/C31H35ClN4O9S/c1-17-10-22(28(45-7)33-15-17)31(35-16-19(37)12-24(35)29(38)34(2)3)21-11-18(32)8-9-23(21)36(30(31)39)46(40,41)27-25(43-5)13-20(42-4)14-26(27)44-6/h8-11,13-15,19,24,37H,12,16H2,1-7H3/t19-,24+,31?/m1/s1. The van der Waals surface area contributed by atoms with Crippen molar-refractivity contribution in [3.63, 3.8) is 0 Å². The van der Waals surface area contributed by atoms with Gasteiger partial charge in [-0.1, -0.05) is 11.6 Å². The van der Waals surface area contributed by atoms with Crippen LogP contribution in [0.2, 0.25) is 5.02 Å². The van der Waals surface area contributed by atoms with Gasteiger partial charge < -0.3 is 29.0 Å². The minimum atomic E-state index is -4.84. The Morgan fingerprint density at radius 3 is 2.24 bits per heavy atom. The molecule has 1 aromatic heterocycles. The minimum absolute atomic E-state index is 0.0150. The quantitative estimate of drug-likeness (QED) is 0.357. The van der Waals surface area contributed by atoms with E-state index in [4.69, 9.17) is 30.5 Å². The van der Waals surface area contributed by atoms with Crippen LogP contribution in [0.4, 0.5) is 5.69 Å². The van der Waals surface area contributed by atoms with Crippen LogP contribution in [0.5, 0.6) is 23.1 Å². The molecule has 15 heteroatoms. The molecule has 2 aromatic carbocycles. The number of anilines is 1. The number of likely N-dealkylation sites (tertiary alicyclic amines) is 1. The number of aromatic nitrogens is 1. The smallest absolute Gasteiger partial charge is 0.278 e. The van der Waals surface area contributed by atoms with Crippen molar-refractivity contribution in [3.05, 3.63) is 64.3 Å². The van der Waals surface area contributed by atoms with Gasteiger partial charge in [0.1, 0.15) is 17.2 Å². The molecule has 0 spiro atoms. The van der Waals surface area contributed by atoms with Crippen molar-refractivity contribution in [1.82, 2.24) is 14.8 Å². The molecule has 0 bridgehead atoms. The van der Waals surface area contributed by atoms with Crippen molar-refractivity contribution in [1.29, 1.82) is 0 Å². The van der Waals surface area contributed by atoms with Gasteiger partial charge in [0, 0.05) is 55.1 Å². The Hall–Kier alpha value is -4.11. The highest BCUT2D eigenvalue weighted by Crippen LogP contribution is 2.55. The normalized spacial score (nSPS) is 21.2. The minimum Gasteiger partial charge on any atom is -0.496 e. The number of aryl methyl sites for hydroxylation is 1. The summed E-state index contributed by atoms with van der Waals surface area (Å²) in [4.78, 5) is 36.0. The first-order chi connectivity index (χ1) is 21.8. The molecule has 0 radical (unpaired) electrons. The predicted molar refractivity (Wildman–Crippen MR) is 168 cm³/mol. The second-order valence-corrected chi connectivity index (χ2v) is 13.3. The maximum Gasteiger partial charge on any atom is 0.278 e. The number of aliphatic hydroxyl groups excluding tert-OH is 1. The molecule has 2 aliphatic rings. The van der Waals surface area contributed by atoms with E-state index in [9.17, 15) is 18.3 Å². The van der Waals surface area contributed by atoms with Crippen molar-refractivity contribution in [2.24, 2.45) is 0 Å². The van der Waals surface area contributed by atoms with Crippen LogP contribution >= 0.6 is 11.6 Å². The molecule has 1 saturated heterocycles. The Kier molecular flexibility index (Phi) is 8.85. The Morgan fingerprint density at radius 2 is 1.67 bits per heavy atom. The molecule has 1 fully saturated rings. The fourth-order valence-corrected chi connectivity index (χ4v) is 8.21. The number of methoxy groups -OCH3 is 4. The lowest BCUT2D eigenvalue weighted by atomic mass is 9.81. The van der Waals surface area contributed by atoms with Crippen molar-refractivity contribution in [2.75, 3.05) is 53.4 Å². The number of carbonyl (C=O) groups excluding carboxylic acids is 2. The molecule has 3 atom stereocenters. The van der Waals surface area contributed by atoms with Gasteiger partial charge >= 0.3 is 0 Å². The second-order valence-electron chi connectivity index (χ2n) is 11.2. The molecular formula is C31H35ClN4O9S. The van der Waals surface area contributed by atoms with E-state index in [0.717, 1.165) is 0 Å². The van der Waals surface area contributed by atoms with E-state index in [1.54, 1.807) is 27.1 Å². The summed E-state index contributed by atoms with van der Waals surface area (Å²) < 4.78 is 52.3. The zero-order valence-electron chi connectivity index (χ0n) is 26.4. The lowest BCUT2D eigenvalue weighted by molar-refractivity contribution is -0.138. The van der Waals surface area contributed by atoms with Crippen molar-refractivity contribution < 1.29 is 42.1 Å². The van der Waals surface area contributed by atoms with Crippen LogP contribution in [0.3, 0.4) is 0 Å². The summed E-state index contributed by atoms with van der Waals surface area (Å²) in [6.07, 6.45) is 0.491. The third-order valence-electron chi connectivity index (χ3n) is 8.24. The fourth-order valence-electron chi connectivity index (χ4n) is 6.29. The van der Waals surface area contributed by atoms with Gasteiger partial charge in [0.25, 0.3) is 15.9 Å². The van der Waals surface area contributed by atoms with Crippen LogP contribution in [0.15, 0.2) is 47.5 Å². The molecule has 3 heterocycles. The predicted octanol–water partition coefficient (Wildman–Crippen LogP) is 2.58. The first-order valence-electron chi connectivity index (χ1n) is 14.1. The summed E-state index contributed by atoms with van der Waals surface area (Å²) in [7, 11) is 3.62. The summed E-state index contributed by atoms with van der Waals surface area (Å²) in [5.74, 6) is -1.37. The molecule has 5 rings (SSSR count). The Morgan fingerprint density at radius 1 is 1.02 bits per heavy atom. The van der Waals surface area contributed by atoms with Gasteiger partial charge in [0.2, 0.25) is 11.8 Å². The number of fused-ring (bicyclic) bond motifs is 1. The van der Waals surface area contributed by atoms with E-state index in [1.807, 2.05) is 0 Å². The van der Waals surface area contributed by atoms with Crippen molar-refractivity contribution in [3.8, 4) is 23.1 Å². The largest absolute Gasteiger partial charge is 0.496 e. The third-order valence-corrected chi connectivity index (χ3v) is 10.2. The number of rotatable bonds is 9. The zero-order chi connectivity index (χ0) is 33.7. The van der Waals surface area contributed by atoms with E-state index in [-0.39, 0.29) is 57.9 Å². The second kappa shape index (κ2) is 12.2. The number of likely N-dealkylation sites (N-methyl/N-ethyl adjacent to an activating group) is 1. The number of sulfonamides is 1. The van der Waals surface area contributed by atoms with Crippen LogP contribution < -0.4 is 23.3 Å². The average molecular weight is 675 g/mol. The lowest BCUT2D eigenvalue weighted by Gasteiger charge is -2.41. The monoisotopic (exact) mass is 674 g/mol. The van der Waals surface area contributed by atoms with Gasteiger partial charge in [-0.2, -0.15) is 4.31 Å². The van der Waals surface area contributed by atoms with Gasteiger partial charge in [-0.3, -0.25) is 14.5 Å². The fraction of sp³-hybridized carbons (Fsp3) is 0.387. The van der Waals surface area contributed by atoms with Crippen molar-refractivity contribution >= 4 is 39.1 Å². The SMILES string of the molecule is COc1cc(OC)c(S(=O)(=O)N2C(=O)C(c3cc(C)cnc3OC)(N3C[C@H](O)C[C@H]3C(=O)N(C)C)c3cc(Cl)ccc32)c(OC)c1. The third kappa shape index (κ3) is 5.00. The molecular weight excluding hydrogens is 640 g/mol. The average Bonchev–Trinajstić information content (AvgIpc) is 3.54. The highest BCUT2D eigenvalue weighted by atomic mass is 35.5. The molecule has 2 amide bonds.